The summed E-state index contributed by atoms with van der Waals surface area (Å²) in [5.41, 5.74) is 1.39. The van der Waals surface area contributed by atoms with Crippen molar-refractivity contribution < 1.29 is 14.4 Å². The van der Waals surface area contributed by atoms with Gasteiger partial charge in [0.1, 0.15) is 6.04 Å². The first-order valence-electron chi connectivity index (χ1n) is 10.8. The van der Waals surface area contributed by atoms with Crippen LogP contribution in [0.2, 0.25) is 0 Å². The number of urea groups is 1. The van der Waals surface area contributed by atoms with Gasteiger partial charge in [-0.25, -0.2) is 4.79 Å². The first-order valence-corrected chi connectivity index (χ1v) is 10.8. The fourth-order valence-electron chi connectivity index (χ4n) is 3.84. The normalized spacial score (nSPS) is 19.1. The van der Waals surface area contributed by atoms with Gasteiger partial charge in [0.15, 0.2) is 0 Å². The maximum atomic E-state index is 12.9. The summed E-state index contributed by atoms with van der Waals surface area (Å²) in [6.07, 6.45) is 4.27. The number of amides is 4. The minimum Gasteiger partial charge on any atom is -0.335 e. The van der Waals surface area contributed by atoms with Crippen LogP contribution in [0.1, 0.15) is 44.2 Å². The molecule has 0 heterocycles. The van der Waals surface area contributed by atoms with E-state index in [4.69, 9.17) is 0 Å². The standard InChI is InChI=1S/C24H30N4O3/c1-17-10-8-9-15-20(17)27-24(31)28-21(29)16-25-22(18-11-4-2-5-12-18)23(30)26-19-13-6-3-7-14-19/h2-7,11-14,17,20,22,25H,8-10,15-16H2,1H3,(H,26,30)(H2,27,28,29,31). The maximum absolute atomic E-state index is 12.9. The largest absolute Gasteiger partial charge is 0.335 e. The number of anilines is 1. The highest BCUT2D eigenvalue weighted by Gasteiger charge is 2.24. The Morgan fingerprint density at radius 1 is 0.935 bits per heavy atom. The summed E-state index contributed by atoms with van der Waals surface area (Å²) in [6.45, 7) is 1.94. The molecular weight excluding hydrogens is 392 g/mol. The third-order valence-corrected chi connectivity index (χ3v) is 5.58. The van der Waals surface area contributed by atoms with Gasteiger partial charge in [0.25, 0.3) is 0 Å². The summed E-state index contributed by atoms with van der Waals surface area (Å²) in [5, 5.41) is 11.1. The van der Waals surface area contributed by atoms with Crippen molar-refractivity contribution in [1.82, 2.24) is 16.0 Å². The van der Waals surface area contributed by atoms with E-state index in [1.54, 1.807) is 12.1 Å². The van der Waals surface area contributed by atoms with Crippen LogP contribution in [-0.4, -0.2) is 30.4 Å². The van der Waals surface area contributed by atoms with E-state index in [0.717, 1.165) is 24.8 Å². The van der Waals surface area contributed by atoms with E-state index in [1.165, 1.54) is 6.42 Å². The highest BCUT2D eigenvalue weighted by Crippen LogP contribution is 2.23. The summed E-state index contributed by atoms with van der Waals surface area (Å²) in [6, 6.07) is 17.1. The molecule has 164 valence electrons. The molecule has 1 fully saturated rings. The lowest BCUT2D eigenvalue weighted by atomic mass is 9.86. The van der Waals surface area contributed by atoms with Crippen LogP contribution in [0.15, 0.2) is 60.7 Å². The van der Waals surface area contributed by atoms with Crippen molar-refractivity contribution in [1.29, 1.82) is 0 Å². The van der Waals surface area contributed by atoms with Gasteiger partial charge in [-0.05, 0) is 36.5 Å². The topological polar surface area (TPSA) is 99.3 Å². The molecule has 2 aromatic rings. The van der Waals surface area contributed by atoms with Gasteiger partial charge < -0.3 is 10.6 Å². The molecular formula is C24H30N4O3. The maximum Gasteiger partial charge on any atom is 0.321 e. The zero-order chi connectivity index (χ0) is 22.1. The van der Waals surface area contributed by atoms with Gasteiger partial charge in [0.05, 0.1) is 6.54 Å². The van der Waals surface area contributed by atoms with Crippen LogP contribution >= 0.6 is 0 Å². The van der Waals surface area contributed by atoms with Crippen LogP contribution in [-0.2, 0) is 9.59 Å². The molecule has 3 atom stereocenters. The Labute approximate surface area is 183 Å². The number of nitrogens with one attached hydrogen (secondary N) is 4. The summed E-state index contributed by atoms with van der Waals surface area (Å²) in [4.78, 5) is 37.4. The Bertz CT molecular complexity index is 873. The molecule has 1 saturated carbocycles. The van der Waals surface area contributed by atoms with Gasteiger partial charge in [-0.1, -0.05) is 68.3 Å². The van der Waals surface area contributed by atoms with Crippen molar-refractivity contribution in [3.63, 3.8) is 0 Å². The lowest BCUT2D eigenvalue weighted by molar-refractivity contribution is -0.120. The molecule has 3 rings (SSSR count). The molecule has 31 heavy (non-hydrogen) atoms. The zero-order valence-corrected chi connectivity index (χ0v) is 17.8. The highest BCUT2D eigenvalue weighted by atomic mass is 16.2. The molecule has 0 aliphatic heterocycles. The third-order valence-electron chi connectivity index (χ3n) is 5.58. The van der Waals surface area contributed by atoms with Crippen molar-refractivity contribution in [2.45, 2.75) is 44.7 Å². The fourth-order valence-corrected chi connectivity index (χ4v) is 3.84. The van der Waals surface area contributed by atoms with E-state index in [0.29, 0.717) is 11.6 Å². The van der Waals surface area contributed by atoms with Gasteiger partial charge in [0.2, 0.25) is 11.8 Å². The Morgan fingerprint density at radius 2 is 1.58 bits per heavy atom. The predicted molar refractivity (Wildman–Crippen MR) is 120 cm³/mol. The number of benzene rings is 2. The van der Waals surface area contributed by atoms with Crippen LogP contribution < -0.4 is 21.3 Å². The summed E-state index contributed by atoms with van der Waals surface area (Å²) >= 11 is 0. The first-order chi connectivity index (χ1) is 15.0. The molecule has 4 N–H and O–H groups in total. The molecule has 4 amide bonds. The second-order valence-corrected chi connectivity index (χ2v) is 7.97. The van der Waals surface area contributed by atoms with E-state index in [2.05, 4.69) is 28.2 Å². The van der Waals surface area contributed by atoms with Gasteiger partial charge in [0, 0.05) is 11.7 Å². The molecule has 1 aliphatic rings. The van der Waals surface area contributed by atoms with Crippen molar-refractivity contribution >= 4 is 23.5 Å². The molecule has 0 spiro atoms. The average molecular weight is 423 g/mol. The lowest BCUT2D eigenvalue weighted by Gasteiger charge is -2.29. The smallest absolute Gasteiger partial charge is 0.321 e. The van der Waals surface area contributed by atoms with E-state index < -0.39 is 18.0 Å². The Morgan fingerprint density at radius 3 is 2.26 bits per heavy atom. The number of para-hydroxylation sites is 1. The number of imide groups is 1. The number of hydrogen-bond donors (Lipinski definition) is 4. The second kappa shape index (κ2) is 11.3. The SMILES string of the molecule is CC1CCCCC1NC(=O)NC(=O)CNC(C(=O)Nc1ccccc1)c1ccccc1. The van der Waals surface area contributed by atoms with Crippen LogP contribution in [0, 0.1) is 5.92 Å². The van der Waals surface area contributed by atoms with Crippen molar-refractivity contribution in [2.24, 2.45) is 5.92 Å². The van der Waals surface area contributed by atoms with E-state index in [9.17, 15) is 14.4 Å². The van der Waals surface area contributed by atoms with Gasteiger partial charge in [-0.3, -0.25) is 20.2 Å². The Balaban J connectivity index is 1.56. The van der Waals surface area contributed by atoms with Crippen LogP contribution in [0.5, 0.6) is 0 Å². The molecule has 0 bridgehead atoms. The van der Waals surface area contributed by atoms with Gasteiger partial charge in [-0.15, -0.1) is 0 Å². The Hall–Kier alpha value is -3.19. The molecule has 3 unspecified atom stereocenters. The molecule has 7 heteroatoms. The molecule has 0 aromatic heterocycles. The average Bonchev–Trinajstić information content (AvgIpc) is 2.77. The third kappa shape index (κ3) is 6.93. The molecule has 7 nitrogen and oxygen atoms in total. The Kier molecular flexibility index (Phi) is 8.18. The fraction of sp³-hybridized carbons (Fsp3) is 0.375. The first kappa shape index (κ1) is 22.5. The predicted octanol–water partition coefficient (Wildman–Crippen LogP) is 3.36. The van der Waals surface area contributed by atoms with Crippen molar-refractivity contribution in [3.05, 3.63) is 66.2 Å². The van der Waals surface area contributed by atoms with E-state index in [1.807, 2.05) is 48.5 Å². The van der Waals surface area contributed by atoms with E-state index >= 15 is 0 Å². The molecule has 0 saturated heterocycles. The van der Waals surface area contributed by atoms with Crippen LogP contribution in [0.4, 0.5) is 10.5 Å². The van der Waals surface area contributed by atoms with Gasteiger partial charge >= 0.3 is 6.03 Å². The molecule has 1 aliphatic carbocycles. The van der Waals surface area contributed by atoms with Crippen molar-refractivity contribution in [3.8, 4) is 0 Å². The van der Waals surface area contributed by atoms with E-state index in [-0.39, 0.29) is 18.5 Å². The minimum atomic E-state index is -0.742. The van der Waals surface area contributed by atoms with Crippen LogP contribution in [0.25, 0.3) is 0 Å². The minimum absolute atomic E-state index is 0.0863. The van der Waals surface area contributed by atoms with Crippen LogP contribution in [0.3, 0.4) is 0 Å². The second-order valence-electron chi connectivity index (χ2n) is 7.97. The number of rotatable bonds is 7. The molecule has 0 radical (unpaired) electrons. The summed E-state index contributed by atoms with van der Waals surface area (Å²) in [7, 11) is 0. The molecule has 2 aromatic carbocycles. The quantitative estimate of drug-likeness (QED) is 0.550. The number of carbonyl (C=O) groups excluding carboxylic acids is 3. The zero-order valence-electron chi connectivity index (χ0n) is 17.8. The number of hydrogen-bond acceptors (Lipinski definition) is 4. The number of carbonyl (C=O) groups is 3. The highest BCUT2D eigenvalue weighted by molar-refractivity contribution is 5.97. The summed E-state index contributed by atoms with van der Waals surface area (Å²) < 4.78 is 0. The van der Waals surface area contributed by atoms with Crippen molar-refractivity contribution in [2.75, 3.05) is 11.9 Å². The lowest BCUT2D eigenvalue weighted by Crippen LogP contribution is -2.50. The summed E-state index contributed by atoms with van der Waals surface area (Å²) in [5.74, 6) is -0.378. The van der Waals surface area contributed by atoms with Gasteiger partial charge in [-0.2, -0.15) is 0 Å². The monoisotopic (exact) mass is 422 g/mol.